The third-order valence-electron chi connectivity index (χ3n) is 3.25. The number of hydrogen-bond donors (Lipinski definition) is 0. The fraction of sp³-hybridized carbons (Fsp3) is 0.308. The Hall–Kier alpha value is -2.46. The van der Waals surface area contributed by atoms with Gasteiger partial charge in [0.15, 0.2) is 5.75 Å². The molecule has 0 spiro atoms. The van der Waals surface area contributed by atoms with Gasteiger partial charge in [-0.1, -0.05) is 0 Å². The standard InChI is InChI=1S/C13H16N4O5S/c1-15(2)23(20,21)13-6-12(22-4)11(17(18)19)5-10(13)9-7-14-16(3)8-9/h5-8H,1-4H3. The van der Waals surface area contributed by atoms with Crippen molar-refractivity contribution < 1.29 is 18.1 Å². The van der Waals surface area contributed by atoms with Gasteiger partial charge in [-0.05, 0) is 0 Å². The summed E-state index contributed by atoms with van der Waals surface area (Å²) in [6.07, 6.45) is 3.03. The largest absolute Gasteiger partial charge is 0.490 e. The van der Waals surface area contributed by atoms with Crippen LogP contribution in [-0.2, 0) is 17.1 Å². The fourth-order valence-corrected chi connectivity index (χ4v) is 3.16. The Labute approximate surface area is 133 Å². The highest BCUT2D eigenvalue weighted by molar-refractivity contribution is 7.89. The number of aromatic nitrogens is 2. The van der Waals surface area contributed by atoms with E-state index < -0.39 is 14.9 Å². The Morgan fingerprint density at radius 2 is 2.00 bits per heavy atom. The second-order valence-corrected chi connectivity index (χ2v) is 7.09. The molecule has 0 saturated heterocycles. The quantitative estimate of drug-likeness (QED) is 0.599. The summed E-state index contributed by atoms with van der Waals surface area (Å²) in [6, 6.07) is 2.35. The zero-order valence-corrected chi connectivity index (χ0v) is 13.9. The van der Waals surface area contributed by atoms with Gasteiger partial charge in [0.05, 0.1) is 23.1 Å². The number of benzene rings is 1. The van der Waals surface area contributed by atoms with Crippen LogP contribution in [0.4, 0.5) is 5.69 Å². The van der Waals surface area contributed by atoms with E-state index in [2.05, 4.69) is 5.10 Å². The van der Waals surface area contributed by atoms with Crippen LogP contribution in [0.2, 0.25) is 0 Å². The summed E-state index contributed by atoms with van der Waals surface area (Å²) in [5.41, 5.74) is 0.335. The molecule has 1 aromatic carbocycles. The molecule has 10 heteroatoms. The van der Waals surface area contributed by atoms with Crippen LogP contribution in [0.25, 0.3) is 11.1 Å². The Morgan fingerprint density at radius 1 is 1.35 bits per heavy atom. The molecule has 0 fully saturated rings. The maximum Gasteiger partial charge on any atom is 0.311 e. The van der Waals surface area contributed by atoms with Crippen LogP contribution >= 0.6 is 0 Å². The predicted molar refractivity (Wildman–Crippen MR) is 82.7 cm³/mol. The molecular weight excluding hydrogens is 324 g/mol. The maximum absolute atomic E-state index is 12.6. The first-order valence-electron chi connectivity index (χ1n) is 6.46. The van der Waals surface area contributed by atoms with E-state index in [1.165, 1.54) is 38.2 Å². The Balaban J connectivity index is 2.86. The number of ether oxygens (including phenoxy) is 1. The number of hydrogen-bond acceptors (Lipinski definition) is 6. The third-order valence-corrected chi connectivity index (χ3v) is 5.11. The first kappa shape index (κ1) is 16.9. The van der Waals surface area contributed by atoms with E-state index in [-0.39, 0.29) is 21.9 Å². The van der Waals surface area contributed by atoms with Gasteiger partial charge in [0.25, 0.3) is 0 Å². The molecular formula is C13H16N4O5S. The molecule has 0 unspecified atom stereocenters. The van der Waals surface area contributed by atoms with Crippen molar-refractivity contribution >= 4 is 15.7 Å². The molecule has 1 aromatic heterocycles. The highest BCUT2D eigenvalue weighted by Gasteiger charge is 2.28. The molecule has 2 rings (SSSR count). The van der Waals surface area contributed by atoms with Crippen molar-refractivity contribution in [3.05, 3.63) is 34.6 Å². The second-order valence-electron chi connectivity index (χ2n) is 4.97. The lowest BCUT2D eigenvalue weighted by Gasteiger charge is -2.15. The van der Waals surface area contributed by atoms with Crippen LogP contribution in [0.1, 0.15) is 0 Å². The van der Waals surface area contributed by atoms with Crippen LogP contribution in [-0.4, -0.2) is 48.6 Å². The van der Waals surface area contributed by atoms with Crippen LogP contribution in [0, 0.1) is 10.1 Å². The summed E-state index contributed by atoms with van der Waals surface area (Å²) < 4.78 is 32.6. The Kier molecular flexibility index (Phi) is 4.39. The van der Waals surface area contributed by atoms with Gasteiger partial charge in [-0.15, -0.1) is 0 Å². The van der Waals surface area contributed by atoms with Gasteiger partial charge in [-0.3, -0.25) is 14.8 Å². The number of sulfonamides is 1. The summed E-state index contributed by atoms with van der Waals surface area (Å²) in [4.78, 5) is 10.5. The van der Waals surface area contributed by atoms with E-state index in [0.717, 1.165) is 10.4 Å². The number of methoxy groups -OCH3 is 1. The number of nitro groups is 1. The van der Waals surface area contributed by atoms with Crippen molar-refractivity contribution in [2.24, 2.45) is 7.05 Å². The molecule has 124 valence electrons. The molecule has 0 aliphatic carbocycles. The minimum atomic E-state index is -3.83. The van der Waals surface area contributed by atoms with Gasteiger partial charge >= 0.3 is 5.69 Å². The predicted octanol–water partition coefficient (Wildman–Crippen LogP) is 1.25. The molecule has 23 heavy (non-hydrogen) atoms. The van der Waals surface area contributed by atoms with Crippen LogP contribution in [0.3, 0.4) is 0 Å². The average Bonchev–Trinajstić information content (AvgIpc) is 2.91. The highest BCUT2D eigenvalue weighted by Crippen LogP contribution is 2.38. The van der Waals surface area contributed by atoms with E-state index >= 15 is 0 Å². The zero-order chi connectivity index (χ0) is 17.4. The normalized spacial score (nSPS) is 11.7. The van der Waals surface area contributed by atoms with Crippen molar-refractivity contribution in [2.75, 3.05) is 21.2 Å². The summed E-state index contributed by atoms with van der Waals surface area (Å²) in [7, 11) is 1.86. The molecule has 0 radical (unpaired) electrons. The van der Waals surface area contributed by atoms with Gasteiger partial charge in [0, 0.05) is 50.6 Å². The first-order chi connectivity index (χ1) is 10.7. The van der Waals surface area contributed by atoms with E-state index in [1.54, 1.807) is 13.2 Å². The number of nitrogens with zero attached hydrogens (tertiary/aromatic N) is 4. The zero-order valence-electron chi connectivity index (χ0n) is 13.0. The highest BCUT2D eigenvalue weighted by atomic mass is 32.2. The van der Waals surface area contributed by atoms with Crippen LogP contribution in [0.15, 0.2) is 29.4 Å². The van der Waals surface area contributed by atoms with E-state index in [0.29, 0.717) is 5.56 Å². The summed E-state index contributed by atoms with van der Waals surface area (Å²) >= 11 is 0. The lowest BCUT2D eigenvalue weighted by molar-refractivity contribution is -0.385. The molecule has 0 aliphatic rings. The molecule has 0 aliphatic heterocycles. The Bertz CT molecular complexity index is 857. The molecule has 0 N–H and O–H groups in total. The SMILES string of the molecule is COc1cc(S(=O)(=O)N(C)C)c(-c2cnn(C)c2)cc1[N+](=O)[O-]. The van der Waals surface area contributed by atoms with Crippen molar-refractivity contribution in [1.29, 1.82) is 0 Å². The number of rotatable bonds is 5. The minimum absolute atomic E-state index is 0.0852. The summed E-state index contributed by atoms with van der Waals surface area (Å²) in [6.45, 7) is 0. The minimum Gasteiger partial charge on any atom is -0.490 e. The topological polar surface area (TPSA) is 108 Å². The molecule has 9 nitrogen and oxygen atoms in total. The van der Waals surface area contributed by atoms with Gasteiger partial charge in [-0.25, -0.2) is 12.7 Å². The van der Waals surface area contributed by atoms with Gasteiger partial charge < -0.3 is 4.74 Å². The lowest BCUT2D eigenvalue weighted by atomic mass is 10.1. The van der Waals surface area contributed by atoms with Crippen molar-refractivity contribution in [3.63, 3.8) is 0 Å². The third kappa shape index (κ3) is 3.03. The first-order valence-corrected chi connectivity index (χ1v) is 7.90. The summed E-state index contributed by atoms with van der Waals surface area (Å²) in [5, 5.41) is 15.2. The smallest absolute Gasteiger partial charge is 0.311 e. The van der Waals surface area contributed by atoms with E-state index in [1.807, 2.05) is 0 Å². The molecule has 1 heterocycles. The maximum atomic E-state index is 12.6. The molecule has 0 amide bonds. The second kappa shape index (κ2) is 5.97. The lowest BCUT2D eigenvalue weighted by Crippen LogP contribution is -2.23. The molecule has 2 aromatic rings. The van der Waals surface area contributed by atoms with E-state index in [4.69, 9.17) is 4.74 Å². The number of aryl methyl sites for hydroxylation is 1. The summed E-state index contributed by atoms with van der Waals surface area (Å²) in [5.74, 6) is -0.122. The van der Waals surface area contributed by atoms with Gasteiger partial charge in [0.1, 0.15) is 0 Å². The monoisotopic (exact) mass is 340 g/mol. The van der Waals surface area contributed by atoms with Crippen molar-refractivity contribution in [3.8, 4) is 16.9 Å². The van der Waals surface area contributed by atoms with Gasteiger partial charge in [0.2, 0.25) is 10.0 Å². The fourth-order valence-electron chi connectivity index (χ4n) is 2.05. The van der Waals surface area contributed by atoms with Crippen molar-refractivity contribution in [2.45, 2.75) is 4.90 Å². The van der Waals surface area contributed by atoms with Crippen LogP contribution < -0.4 is 4.74 Å². The van der Waals surface area contributed by atoms with Gasteiger partial charge in [-0.2, -0.15) is 5.10 Å². The molecule has 0 bridgehead atoms. The number of nitro benzene ring substituents is 1. The van der Waals surface area contributed by atoms with Crippen LogP contribution in [0.5, 0.6) is 5.75 Å². The molecule has 0 atom stereocenters. The Morgan fingerprint density at radius 3 is 2.43 bits per heavy atom. The molecule has 0 saturated carbocycles. The van der Waals surface area contributed by atoms with Crippen molar-refractivity contribution in [1.82, 2.24) is 14.1 Å². The van der Waals surface area contributed by atoms with E-state index in [9.17, 15) is 18.5 Å². The average molecular weight is 340 g/mol.